The van der Waals surface area contributed by atoms with Gasteiger partial charge in [-0.1, -0.05) is 41.9 Å². The summed E-state index contributed by atoms with van der Waals surface area (Å²) >= 11 is 5.83. The molecule has 144 valence electrons. The van der Waals surface area contributed by atoms with Crippen molar-refractivity contribution in [2.45, 2.75) is 25.3 Å². The fourth-order valence-electron chi connectivity index (χ4n) is 3.76. The van der Waals surface area contributed by atoms with Crippen molar-refractivity contribution < 1.29 is 9.59 Å². The number of aromatic nitrogens is 1. The van der Waals surface area contributed by atoms with E-state index in [0.717, 1.165) is 12.0 Å². The molecule has 7 heteroatoms. The van der Waals surface area contributed by atoms with Gasteiger partial charge in [-0.3, -0.25) is 9.59 Å². The van der Waals surface area contributed by atoms with Crippen LogP contribution in [0.5, 0.6) is 0 Å². The van der Waals surface area contributed by atoms with E-state index in [0.29, 0.717) is 36.6 Å². The lowest BCUT2D eigenvalue weighted by molar-refractivity contribution is -0.138. The third-order valence-corrected chi connectivity index (χ3v) is 5.54. The smallest absolute Gasteiger partial charge is 0.272 e. The Kier molecular flexibility index (Phi) is 5.39. The zero-order valence-electron chi connectivity index (χ0n) is 15.4. The van der Waals surface area contributed by atoms with Gasteiger partial charge in [-0.25, -0.2) is 9.99 Å². The number of likely N-dealkylation sites (tertiary alicyclic amines) is 1. The lowest BCUT2D eigenvalue weighted by Gasteiger charge is -2.33. The molecule has 0 aliphatic carbocycles. The molecule has 0 radical (unpaired) electrons. The van der Waals surface area contributed by atoms with E-state index in [1.165, 1.54) is 6.20 Å². The predicted molar refractivity (Wildman–Crippen MR) is 107 cm³/mol. The lowest BCUT2D eigenvalue weighted by atomic mass is 9.94. The first-order valence-electron chi connectivity index (χ1n) is 9.45. The maximum Gasteiger partial charge on any atom is 0.272 e. The third kappa shape index (κ3) is 3.78. The number of carbonyl (C=O) groups excluding carboxylic acids is 2. The van der Waals surface area contributed by atoms with Gasteiger partial charge < -0.3 is 4.90 Å². The summed E-state index contributed by atoms with van der Waals surface area (Å²) in [6.45, 7) is 1.07. The summed E-state index contributed by atoms with van der Waals surface area (Å²) in [5.41, 5.74) is 1.47. The lowest BCUT2D eigenvalue weighted by Crippen LogP contribution is -2.43. The van der Waals surface area contributed by atoms with E-state index in [2.05, 4.69) is 10.1 Å². The van der Waals surface area contributed by atoms with Crippen molar-refractivity contribution in [1.29, 1.82) is 0 Å². The average Bonchev–Trinajstić information content (AvgIpc) is 3.24. The number of pyridine rings is 1. The van der Waals surface area contributed by atoms with Crippen LogP contribution in [-0.2, 0) is 4.79 Å². The minimum Gasteiger partial charge on any atom is -0.337 e. The summed E-state index contributed by atoms with van der Waals surface area (Å²) in [4.78, 5) is 31.5. The van der Waals surface area contributed by atoms with Crippen LogP contribution in [-0.4, -0.2) is 46.0 Å². The molecule has 1 aromatic heterocycles. The number of hydrogen-bond donors (Lipinski definition) is 0. The van der Waals surface area contributed by atoms with Crippen molar-refractivity contribution in [3.05, 3.63) is 64.9 Å². The van der Waals surface area contributed by atoms with Crippen molar-refractivity contribution >= 4 is 29.6 Å². The van der Waals surface area contributed by atoms with E-state index in [1.54, 1.807) is 28.3 Å². The van der Waals surface area contributed by atoms with E-state index in [-0.39, 0.29) is 23.8 Å². The molecule has 1 atom stereocenters. The molecule has 2 amide bonds. The molecule has 1 fully saturated rings. The van der Waals surface area contributed by atoms with Crippen molar-refractivity contribution in [3.63, 3.8) is 0 Å². The van der Waals surface area contributed by atoms with Crippen LogP contribution in [0.3, 0.4) is 0 Å². The van der Waals surface area contributed by atoms with Crippen LogP contribution >= 0.6 is 11.6 Å². The number of amides is 2. The fourth-order valence-corrected chi connectivity index (χ4v) is 3.87. The van der Waals surface area contributed by atoms with Gasteiger partial charge in [-0.2, -0.15) is 5.10 Å². The SMILES string of the molecule is O=C(c1ccc(Cl)cn1)N1CCC(C(=O)N2N=CCC2c2ccccc2)CC1. The zero-order chi connectivity index (χ0) is 19.5. The summed E-state index contributed by atoms with van der Waals surface area (Å²) in [6.07, 6.45) is 5.27. The van der Waals surface area contributed by atoms with E-state index in [1.807, 2.05) is 30.3 Å². The Morgan fingerprint density at radius 3 is 2.46 bits per heavy atom. The van der Waals surface area contributed by atoms with E-state index < -0.39 is 0 Å². The minimum atomic E-state index is -0.122. The zero-order valence-corrected chi connectivity index (χ0v) is 16.1. The predicted octanol–water partition coefficient (Wildman–Crippen LogP) is 3.55. The Morgan fingerprint density at radius 2 is 1.79 bits per heavy atom. The Labute approximate surface area is 168 Å². The molecule has 2 aliphatic rings. The summed E-state index contributed by atoms with van der Waals surface area (Å²) in [6, 6.07) is 13.2. The van der Waals surface area contributed by atoms with Gasteiger partial charge in [-0.15, -0.1) is 0 Å². The Bertz CT molecular complexity index is 877. The van der Waals surface area contributed by atoms with Crippen LogP contribution < -0.4 is 0 Å². The molecule has 1 saturated heterocycles. The maximum atomic E-state index is 13.0. The fraction of sp³-hybridized carbons (Fsp3) is 0.333. The molecule has 0 spiro atoms. The summed E-state index contributed by atoms with van der Waals surface area (Å²) in [5, 5.41) is 6.46. The van der Waals surface area contributed by atoms with Gasteiger partial charge in [0.1, 0.15) is 5.69 Å². The molecular formula is C21H21ClN4O2. The normalized spacial score (nSPS) is 19.8. The molecule has 3 heterocycles. The van der Waals surface area contributed by atoms with Crippen LogP contribution in [0, 0.1) is 5.92 Å². The van der Waals surface area contributed by atoms with Crippen molar-refractivity contribution in [2.24, 2.45) is 11.0 Å². The number of rotatable bonds is 3. The van der Waals surface area contributed by atoms with Crippen LogP contribution in [0.4, 0.5) is 0 Å². The highest BCUT2D eigenvalue weighted by Gasteiger charge is 2.35. The van der Waals surface area contributed by atoms with Crippen LogP contribution in [0.1, 0.15) is 41.4 Å². The summed E-state index contributed by atoms with van der Waals surface area (Å²) < 4.78 is 0. The molecule has 1 aromatic carbocycles. The van der Waals surface area contributed by atoms with Gasteiger partial charge in [0.2, 0.25) is 5.91 Å². The molecule has 28 heavy (non-hydrogen) atoms. The van der Waals surface area contributed by atoms with E-state index in [4.69, 9.17) is 11.6 Å². The van der Waals surface area contributed by atoms with Gasteiger partial charge in [0.15, 0.2) is 0 Å². The Balaban J connectivity index is 1.38. The number of hydrogen-bond acceptors (Lipinski definition) is 4. The maximum absolute atomic E-state index is 13.0. The van der Waals surface area contributed by atoms with Gasteiger partial charge >= 0.3 is 0 Å². The number of halogens is 1. The molecule has 0 saturated carbocycles. The number of hydrazone groups is 1. The van der Waals surface area contributed by atoms with Crippen LogP contribution in [0.2, 0.25) is 5.02 Å². The second-order valence-electron chi connectivity index (χ2n) is 7.07. The van der Waals surface area contributed by atoms with E-state index >= 15 is 0 Å². The first kappa shape index (κ1) is 18.6. The van der Waals surface area contributed by atoms with Gasteiger partial charge in [0.25, 0.3) is 5.91 Å². The van der Waals surface area contributed by atoms with Gasteiger partial charge in [0, 0.05) is 37.8 Å². The summed E-state index contributed by atoms with van der Waals surface area (Å²) in [5.74, 6) is -0.202. The average molecular weight is 397 g/mol. The number of carbonyl (C=O) groups is 2. The topological polar surface area (TPSA) is 65.9 Å². The number of benzene rings is 1. The standard InChI is InChI=1S/C21H21ClN4O2/c22-17-6-7-18(23-14-17)21(28)25-12-9-16(10-13-25)20(27)26-19(8-11-24-26)15-4-2-1-3-5-15/h1-7,11,14,16,19H,8-10,12-13H2. The second-order valence-corrected chi connectivity index (χ2v) is 7.51. The number of piperidine rings is 1. The molecule has 2 aliphatic heterocycles. The van der Waals surface area contributed by atoms with E-state index in [9.17, 15) is 9.59 Å². The molecule has 0 bridgehead atoms. The quantitative estimate of drug-likeness (QED) is 0.796. The van der Waals surface area contributed by atoms with Crippen LogP contribution in [0.25, 0.3) is 0 Å². The highest BCUT2D eigenvalue weighted by Crippen LogP contribution is 2.31. The highest BCUT2D eigenvalue weighted by molar-refractivity contribution is 6.30. The largest absolute Gasteiger partial charge is 0.337 e. The van der Waals surface area contributed by atoms with Crippen molar-refractivity contribution in [2.75, 3.05) is 13.1 Å². The minimum absolute atomic E-state index is 0.0355. The van der Waals surface area contributed by atoms with Gasteiger partial charge in [0.05, 0.1) is 11.1 Å². The molecule has 6 nitrogen and oxygen atoms in total. The van der Waals surface area contributed by atoms with Crippen LogP contribution in [0.15, 0.2) is 53.8 Å². The Morgan fingerprint density at radius 1 is 1.04 bits per heavy atom. The third-order valence-electron chi connectivity index (χ3n) is 5.32. The molecule has 0 N–H and O–H groups in total. The first-order chi connectivity index (χ1) is 13.6. The molecule has 4 rings (SSSR count). The second kappa shape index (κ2) is 8.10. The molecule has 1 unspecified atom stereocenters. The first-order valence-corrected chi connectivity index (χ1v) is 9.82. The van der Waals surface area contributed by atoms with Gasteiger partial charge in [-0.05, 0) is 30.5 Å². The highest BCUT2D eigenvalue weighted by atomic mass is 35.5. The van der Waals surface area contributed by atoms with Crippen molar-refractivity contribution in [3.8, 4) is 0 Å². The number of nitrogens with zero attached hydrogens (tertiary/aromatic N) is 4. The molecular weight excluding hydrogens is 376 g/mol. The van der Waals surface area contributed by atoms with Crippen molar-refractivity contribution in [1.82, 2.24) is 14.9 Å². The Hall–Kier alpha value is -2.73. The summed E-state index contributed by atoms with van der Waals surface area (Å²) in [7, 11) is 0. The molecule has 2 aromatic rings. The monoisotopic (exact) mass is 396 g/mol.